The van der Waals surface area contributed by atoms with Crippen molar-refractivity contribution in [2.45, 2.75) is 19.4 Å². The molecule has 0 aliphatic heterocycles. The van der Waals surface area contributed by atoms with Gasteiger partial charge in [0.05, 0.1) is 16.8 Å². The Kier molecular flexibility index (Phi) is 6.02. The molecule has 6 heteroatoms. The molecule has 2 rings (SSSR count). The predicted molar refractivity (Wildman–Crippen MR) is 92.7 cm³/mol. The second-order valence-electron chi connectivity index (χ2n) is 5.05. The molecule has 23 heavy (non-hydrogen) atoms. The van der Waals surface area contributed by atoms with Crippen LogP contribution in [-0.2, 0) is 9.59 Å². The van der Waals surface area contributed by atoms with Crippen molar-refractivity contribution in [2.24, 2.45) is 0 Å². The molecule has 0 aliphatic carbocycles. The molecule has 0 fully saturated rings. The van der Waals surface area contributed by atoms with E-state index >= 15 is 0 Å². The Bertz CT molecular complexity index is 705. The van der Waals surface area contributed by atoms with Gasteiger partial charge >= 0.3 is 0 Å². The topological polar surface area (TPSA) is 58.2 Å². The molecular formula is C17H16Cl2N2O2. The predicted octanol–water partition coefficient (Wildman–Crippen LogP) is 4.20. The third-order valence-electron chi connectivity index (χ3n) is 3.20. The minimum Gasteiger partial charge on any atom is -0.349 e. The largest absolute Gasteiger partial charge is 0.349 e. The van der Waals surface area contributed by atoms with Gasteiger partial charge in [-0.25, -0.2) is 0 Å². The zero-order valence-electron chi connectivity index (χ0n) is 12.5. The van der Waals surface area contributed by atoms with Crippen LogP contribution in [0.25, 0.3) is 0 Å². The van der Waals surface area contributed by atoms with Gasteiger partial charge in [0.25, 0.3) is 0 Å². The summed E-state index contributed by atoms with van der Waals surface area (Å²) in [7, 11) is 0. The van der Waals surface area contributed by atoms with Gasteiger partial charge in [-0.05, 0) is 30.7 Å². The highest BCUT2D eigenvalue weighted by Gasteiger charge is 2.14. The van der Waals surface area contributed by atoms with E-state index in [9.17, 15) is 9.59 Å². The number of carbonyl (C=O) groups is 2. The van der Waals surface area contributed by atoms with E-state index in [1.165, 1.54) is 6.07 Å². The van der Waals surface area contributed by atoms with Crippen LogP contribution in [0.5, 0.6) is 0 Å². The third-order valence-corrected chi connectivity index (χ3v) is 3.75. The van der Waals surface area contributed by atoms with Gasteiger partial charge in [-0.1, -0.05) is 53.5 Å². The van der Waals surface area contributed by atoms with Crippen LogP contribution in [0, 0.1) is 0 Å². The first-order chi connectivity index (χ1) is 11.0. The smallest absolute Gasteiger partial charge is 0.233 e. The molecule has 1 atom stereocenters. The van der Waals surface area contributed by atoms with Crippen molar-refractivity contribution in [3.8, 4) is 0 Å². The van der Waals surface area contributed by atoms with Crippen molar-refractivity contribution in [2.75, 3.05) is 5.32 Å². The highest BCUT2D eigenvalue weighted by atomic mass is 35.5. The van der Waals surface area contributed by atoms with Gasteiger partial charge in [0, 0.05) is 5.02 Å². The molecule has 2 aromatic carbocycles. The van der Waals surface area contributed by atoms with Crippen LogP contribution in [-0.4, -0.2) is 11.8 Å². The molecule has 0 saturated carbocycles. The Labute approximate surface area is 144 Å². The van der Waals surface area contributed by atoms with Crippen LogP contribution in [0.2, 0.25) is 10.0 Å². The lowest BCUT2D eigenvalue weighted by Gasteiger charge is -2.14. The summed E-state index contributed by atoms with van der Waals surface area (Å²) in [5.74, 6) is -0.795. The quantitative estimate of drug-likeness (QED) is 0.794. The Morgan fingerprint density at radius 1 is 1.04 bits per heavy atom. The van der Waals surface area contributed by atoms with Crippen molar-refractivity contribution in [3.05, 3.63) is 64.1 Å². The summed E-state index contributed by atoms with van der Waals surface area (Å²) in [6.07, 6.45) is -0.282. The lowest BCUT2D eigenvalue weighted by Crippen LogP contribution is -2.30. The Morgan fingerprint density at radius 3 is 2.39 bits per heavy atom. The summed E-state index contributed by atoms with van der Waals surface area (Å²) in [5.41, 5.74) is 1.40. The molecule has 0 saturated heterocycles. The zero-order valence-corrected chi connectivity index (χ0v) is 14.0. The molecular weight excluding hydrogens is 335 g/mol. The first-order valence-corrected chi connectivity index (χ1v) is 7.80. The second-order valence-corrected chi connectivity index (χ2v) is 5.89. The van der Waals surface area contributed by atoms with Gasteiger partial charge in [-0.15, -0.1) is 0 Å². The molecule has 0 radical (unpaired) electrons. The number of amides is 2. The molecule has 0 bridgehead atoms. The van der Waals surface area contributed by atoms with Gasteiger partial charge in [-0.2, -0.15) is 0 Å². The average molecular weight is 351 g/mol. The number of hydrogen-bond acceptors (Lipinski definition) is 2. The number of carbonyl (C=O) groups excluding carboxylic acids is 2. The van der Waals surface area contributed by atoms with E-state index in [1.54, 1.807) is 12.1 Å². The van der Waals surface area contributed by atoms with E-state index in [4.69, 9.17) is 23.2 Å². The molecule has 0 heterocycles. The van der Waals surface area contributed by atoms with Crippen LogP contribution in [0.3, 0.4) is 0 Å². The van der Waals surface area contributed by atoms with Gasteiger partial charge in [0.15, 0.2) is 0 Å². The number of benzene rings is 2. The van der Waals surface area contributed by atoms with E-state index in [1.807, 2.05) is 37.3 Å². The van der Waals surface area contributed by atoms with Crippen LogP contribution in [0.4, 0.5) is 5.69 Å². The first-order valence-electron chi connectivity index (χ1n) is 7.05. The van der Waals surface area contributed by atoms with Gasteiger partial charge in [0.2, 0.25) is 11.8 Å². The van der Waals surface area contributed by atoms with E-state index in [0.29, 0.717) is 15.7 Å². The first kappa shape index (κ1) is 17.3. The van der Waals surface area contributed by atoms with Crippen molar-refractivity contribution >= 4 is 40.7 Å². The molecule has 120 valence electrons. The summed E-state index contributed by atoms with van der Waals surface area (Å²) in [6, 6.07) is 14.1. The fourth-order valence-corrected chi connectivity index (χ4v) is 2.50. The van der Waals surface area contributed by atoms with Crippen LogP contribution < -0.4 is 10.6 Å². The lowest BCUT2D eigenvalue weighted by molar-refractivity contribution is -0.127. The van der Waals surface area contributed by atoms with Gasteiger partial charge in [-0.3, -0.25) is 9.59 Å². The van der Waals surface area contributed by atoms with E-state index < -0.39 is 5.91 Å². The molecule has 2 aromatic rings. The fourth-order valence-electron chi connectivity index (χ4n) is 2.05. The molecule has 1 unspecified atom stereocenters. The highest BCUT2D eigenvalue weighted by Crippen LogP contribution is 2.25. The summed E-state index contributed by atoms with van der Waals surface area (Å²) in [6.45, 7) is 1.86. The van der Waals surface area contributed by atoms with Crippen molar-refractivity contribution < 1.29 is 9.59 Å². The Hall–Kier alpha value is -2.04. The van der Waals surface area contributed by atoms with Crippen molar-refractivity contribution in [1.82, 2.24) is 5.32 Å². The molecule has 2 amide bonds. The number of rotatable bonds is 5. The van der Waals surface area contributed by atoms with Crippen molar-refractivity contribution in [1.29, 1.82) is 0 Å². The number of halogens is 2. The number of anilines is 1. The molecule has 0 spiro atoms. The summed E-state index contributed by atoms with van der Waals surface area (Å²) >= 11 is 11.8. The third kappa shape index (κ3) is 5.27. The molecule has 4 nitrogen and oxygen atoms in total. The SMILES string of the molecule is CC(NC(=O)CC(=O)Nc1ccc(Cl)cc1Cl)c1ccccc1. The average Bonchev–Trinajstić information content (AvgIpc) is 2.50. The molecule has 0 aromatic heterocycles. The maximum absolute atomic E-state index is 11.9. The van der Waals surface area contributed by atoms with Gasteiger partial charge in [0.1, 0.15) is 6.42 Å². The summed E-state index contributed by atoms with van der Waals surface area (Å²) < 4.78 is 0. The Morgan fingerprint density at radius 2 is 1.74 bits per heavy atom. The zero-order chi connectivity index (χ0) is 16.8. The lowest BCUT2D eigenvalue weighted by atomic mass is 10.1. The standard InChI is InChI=1S/C17H16Cl2N2O2/c1-11(12-5-3-2-4-6-12)20-16(22)10-17(23)21-15-8-7-13(18)9-14(15)19/h2-9,11H,10H2,1H3,(H,20,22)(H,21,23). The van der Waals surface area contributed by atoms with Crippen molar-refractivity contribution in [3.63, 3.8) is 0 Å². The van der Waals surface area contributed by atoms with E-state index in [2.05, 4.69) is 10.6 Å². The normalized spacial score (nSPS) is 11.6. The van der Waals surface area contributed by atoms with Gasteiger partial charge < -0.3 is 10.6 Å². The minimum atomic E-state index is -0.438. The second kappa shape index (κ2) is 7.99. The van der Waals surface area contributed by atoms with Crippen LogP contribution in [0.15, 0.2) is 48.5 Å². The number of hydrogen-bond donors (Lipinski definition) is 2. The molecule has 2 N–H and O–H groups in total. The van der Waals surface area contributed by atoms with E-state index in [0.717, 1.165) is 5.56 Å². The molecule has 0 aliphatic rings. The monoisotopic (exact) mass is 350 g/mol. The summed E-state index contributed by atoms with van der Waals surface area (Å²) in [4.78, 5) is 23.9. The number of nitrogens with one attached hydrogen (secondary N) is 2. The fraction of sp³-hybridized carbons (Fsp3) is 0.176. The van der Waals surface area contributed by atoms with Crippen LogP contribution in [0.1, 0.15) is 24.9 Å². The summed E-state index contributed by atoms with van der Waals surface area (Å²) in [5, 5.41) is 6.17. The van der Waals surface area contributed by atoms with E-state index in [-0.39, 0.29) is 18.4 Å². The Balaban J connectivity index is 1.88. The van der Waals surface area contributed by atoms with Crippen LogP contribution >= 0.6 is 23.2 Å². The maximum Gasteiger partial charge on any atom is 0.233 e. The highest BCUT2D eigenvalue weighted by molar-refractivity contribution is 6.36. The maximum atomic E-state index is 11.9. The minimum absolute atomic E-state index is 0.171.